The van der Waals surface area contributed by atoms with Crippen molar-refractivity contribution < 1.29 is 23.7 Å². The Labute approximate surface area is 84.6 Å². The number of carbonyl (C=O) groups is 1. The van der Waals surface area contributed by atoms with Gasteiger partial charge < -0.3 is 19.6 Å². The molecule has 7 nitrogen and oxygen atoms in total. The molecule has 0 aliphatic carbocycles. The highest BCUT2D eigenvalue weighted by Crippen LogP contribution is 2.43. The van der Waals surface area contributed by atoms with Crippen LogP contribution in [0.5, 0.6) is 0 Å². The minimum Gasteiger partial charge on any atom is -0.361 e. The van der Waals surface area contributed by atoms with E-state index in [1.807, 2.05) is 0 Å². The van der Waals surface area contributed by atoms with Gasteiger partial charge in [0, 0.05) is 12.0 Å². The van der Waals surface area contributed by atoms with E-state index in [9.17, 15) is 9.36 Å². The first-order valence-corrected chi connectivity index (χ1v) is 5.89. The average Bonchev–Trinajstić information content (AvgIpc) is 2.47. The van der Waals surface area contributed by atoms with E-state index in [-0.39, 0.29) is 12.1 Å². The molecular weight excluding hydrogens is 223 g/mol. The normalized spacial score (nSPS) is 21.0. The fraction of sp³-hybridized carbons (Fsp3) is 0.429. The van der Waals surface area contributed by atoms with Crippen molar-refractivity contribution >= 4 is 13.5 Å². The second kappa shape index (κ2) is 3.16. The number of aryl methyl sites for hydroxylation is 1. The van der Waals surface area contributed by atoms with Crippen LogP contribution in [0.2, 0.25) is 0 Å². The van der Waals surface area contributed by atoms with Gasteiger partial charge in [-0.05, 0) is 6.92 Å². The molecule has 1 unspecified atom stereocenters. The number of rotatable bonds is 1. The lowest BCUT2D eigenvalue weighted by Crippen LogP contribution is -2.41. The molecule has 0 saturated heterocycles. The van der Waals surface area contributed by atoms with Crippen molar-refractivity contribution in [3.63, 3.8) is 0 Å². The maximum Gasteiger partial charge on any atom is 0.347 e. The highest BCUT2D eigenvalue weighted by atomic mass is 31.2. The molecule has 3 N–H and O–H groups in total. The Balaban J connectivity index is 2.41. The highest BCUT2D eigenvalue weighted by molar-refractivity contribution is 7.52. The van der Waals surface area contributed by atoms with E-state index in [4.69, 9.17) is 14.3 Å². The molecule has 2 rings (SSSR count). The summed E-state index contributed by atoms with van der Waals surface area (Å²) in [5.41, 5.74) is 0.573. The molecule has 2 heterocycles. The van der Waals surface area contributed by atoms with E-state index in [1.165, 1.54) is 0 Å². The molecule has 82 valence electrons. The van der Waals surface area contributed by atoms with Crippen molar-refractivity contribution in [3.05, 3.63) is 17.0 Å². The molecule has 1 aliphatic heterocycles. The molecular formula is C7H9N2O5P. The maximum absolute atomic E-state index is 11.4. The third-order valence-electron chi connectivity index (χ3n) is 2.30. The summed E-state index contributed by atoms with van der Waals surface area (Å²) in [4.78, 5) is 29.3. The van der Waals surface area contributed by atoms with Crippen LogP contribution in [-0.4, -0.2) is 26.6 Å². The Morgan fingerprint density at radius 3 is 2.87 bits per heavy atom. The van der Waals surface area contributed by atoms with E-state index in [0.717, 1.165) is 0 Å². The number of fused-ring (bicyclic) bond motifs is 1. The molecule has 0 fully saturated rings. The number of hydrogen-bond acceptors (Lipinski definition) is 4. The summed E-state index contributed by atoms with van der Waals surface area (Å²) in [6.07, 6.45) is 0.0423. The van der Waals surface area contributed by atoms with Crippen LogP contribution >= 0.6 is 7.60 Å². The van der Waals surface area contributed by atoms with Gasteiger partial charge in [0.05, 0.1) is 0 Å². The number of hydrogen-bond donors (Lipinski definition) is 3. The molecule has 0 radical (unpaired) electrons. The predicted molar refractivity (Wildman–Crippen MR) is 48.2 cm³/mol. The molecule has 1 atom stereocenters. The number of nitrogens with one attached hydrogen (secondary N) is 1. The quantitative estimate of drug-likeness (QED) is 0.576. The van der Waals surface area contributed by atoms with Crippen LogP contribution in [0, 0.1) is 6.92 Å². The van der Waals surface area contributed by atoms with E-state index in [0.29, 0.717) is 11.3 Å². The standard InChI is InChI=1S/C7H9N2O5P/c1-3-4-2-5(15(11,12)13)8-7(10)6(4)9-14-3/h5H,2H2,1H3,(H,8,10)(H2,11,12,13). The molecule has 0 spiro atoms. The van der Waals surface area contributed by atoms with Gasteiger partial charge in [0.1, 0.15) is 11.5 Å². The summed E-state index contributed by atoms with van der Waals surface area (Å²) >= 11 is 0. The van der Waals surface area contributed by atoms with Gasteiger partial charge in [0.15, 0.2) is 5.69 Å². The first-order chi connectivity index (χ1) is 6.89. The van der Waals surface area contributed by atoms with Crippen molar-refractivity contribution in [2.75, 3.05) is 0 Å². The monoisotopic (exact) mass is 232 g/mol. The Hall–Kier alpha value is -1.17. The molecule has 0 aromatic carbocycles. The van der Waals surface area contributed by atoms with Crippen LogP contribution in [0.3, 0.4) is 0 Å². The SMILES string of the molecule is Cc1onc2c1CC(P(=O)(O)O)NC2=O. The van der Waals surface area contributed by atoms with Gasteiger partial charge >= 0.3 is 7.60 Å². The lowest BCUT2D eigenvalue weighted by molar-refractivity contribution is 0.0924. The van der Waals surface area contributed by atoms with E-state index >= 15 is 0 Å². The van der Waals surface area contributed by atoms with Crippen molar-refractivity contribution in [1.29, 1.82) is 0 Å². The van der Waals surface area contributed by atoms with Crippen molar-refractivity contribution in [1.82, 2.24) is 10.5 Å². The lowest BCUT2D eigenvalue weighted by Gasteiger charge is -2.23. The third kappa shape index (κ3) is 1.69. The Morgan fingerprint density at radius 2 is 2.27 bits per heavy atom. The average molecular weight is 232 g/mol. The van der Waals surface area contributed by atoms with Gasteiger partial charge in [-0.3, -0.25) is 9.36 Å². The summed E-state index contributed by atoms with van der Waals surface area (Å²) in [6, 6.07) is 0. The maximum atomic E-state index is 11.4. The molecule has 15 heavy (non-hydrogen) atoms. The van der Waals surface area contributed by atoms with Crippen LogP contribution in [0.25, 0.3) is 0 Å². The van der Waals surface area contributed by atoms with E-state index < -0.39 is 19.3 Å². The summed E-state index contributed by atoms with van der Waals surface area (Å²) in [5, 5.41) is 5.72. The largest absolute Gasteiger partial charge is 0.361 e. The fourth-order valence-corrected chi connectivity index (χ4v) is 2.18. The van der Waals surface area contributed by atoms with Crippen LogP contribution < -0.4 is 5.32 Å². The van der Waals surface area contributed by atoms with Crippen LogP contribution in [0.4, 0.5) is 0 Å². The predicted octanol–water partition coefficient (Wildman–Crippen LogP) is -0.227. The zero-order valence-electron chi connectivity index (χ0n) is 7.80. The van der Waals surface area contributed by atoms with Crippen molar-refractivity contribution in [2.45, 2.75) is 19.1 Å². The third-order valence-corrected chi connectivity index (χ3v) is 3.42. The molecule has 1 aromatic heterocycles. The van der Waals surface area contributed by atoms with Gasteiger partial charge in [-0.1, -0.05) is 5.16 Å². The van der Waals surface area contributed by atoms with E-state index in [2.05, 4.69) is 10.5 Å². The topological polar surface area (TPSA) is 113 Å². The minimum atomic E-state index is -4.33. The van der Waals surface area contributed by atoms with E-state index in [1.54, 1.807) is 6.92 Å². The molecule has 1 amide bonds. The first kappa shape index (κ1) is 10.4. The molecule has 1 aliphatic rings. The summed E-state index contributed by atoms with van der Waals surface area (Å²) < 4.78 is 15.8. The number of amides is 1. The van der Waals surface area contributed by atoms with Crippen molar-refractivity contribution in [3.8, 4) is 0 Å². The van der Waals surface area contributed by atoms with Crippen LogP contribution in [0.15, 0.2) is 4.52 Å². The van der Waals surface area contributed by atoms with Crippen LogP contribution in [0.1, 0.15) is 21.8 Å². The summed E-state index contributed by atoms with van der Waals surface area (Å²) in [6.45, 7) is 1.60. The van der Waals surface area contributed by atoms with Crippen molar-refractivity contribution in [2.24, 2.45) is 0 Å². The number of carbonyl (C=O) groups excluding carboxylic acids is 1. The summed E-state index contributed by atoms with van der Waals surface area (Å²) in [5.74, 6) is -1.38. The molecule has 0 saturated carbocycles. The van der Waals surface area contributed by atoms with Crippen LogP contribution in [-0.2, 0) is 11.0 Å². The minimum absolute atomic E-state index is 0.0423. The second-order valence-electron chi connectivity index (χ2n) is 3.35. The van der Waals surface area contributed by atoms with Gasteiger partial charge in [-0.2, -0.15) is 0 Å². The van der Waals surface area contributed by atoms with Gasteiger partial charge in [-0.15, -0.1) is 0 Å². The van der Waals surface area contributed by atoms with Gasteiger partial charge in [0.2, 0.25) is 0 Å². The zero-order valence-corrected chi connectivity index (χ0v) is 8.69. The first-order valence-electron chi connectivity index (χ1n) is 4.21. The lowest BCUT2D eigenvalue weighted by atomic mass is 10.1. The highest BCUT2D eigenvalue weighted by Gasteiger charge is 2.38. The number of nitrogens with zero attached hydrogens (tertiary/aromatic N) is 1. The number of aromatic nitrogens is 1. The molecule has 0 bridgehead atoms. The Morgan fingerprint density at radius 1 is 1.60 bits per heavy atom. The van der Waals surface area contributed by atoms with Gasteiger partial charge in [0.25, 0.3) is 5.91 Å². The van der Waals surface area contributed by atoms with Gasteiger partial charge in [-0.25, -0.2) is 0 Å². The Bertz CT molecular complexity index is 462. The molecule has 1 aromatic rings. The molecule has 8 heteroatoms. The Kier molecular flexibility index (Phi) is 2.18. The smallest absolute Gasteiger partial charge is 0.347 e. The fourth-order valence-electron chi connectivity index (χ4n) is 1.48. The summed E-state index contributed by atoms with van der Waals surface area (Å²) in [7, 11) is -4.33. The second-order valence-corrected chi connectivity index (χ2v) is 5.15. The zero-order chi connectivity index (χ0) is 11.2.